The van der Waals surface area contributed by atoms with Crippen LogP contribution in [0.25, 0.3) is 0 Å². The molecule has 1 fully saturated rings. The summed E-state index contributed by atoms with van der Waals surface area (Å²) in [4.78, 5) is 13.2. The van der Waals surface area contributed by atoms with Gasteiger partial charge in [-0.2, -0.15) is 5.10 Å². The number of carboxylic acid groups (broad SMARTS) is 1. The molecule has 1 aromatic heterocycles. The Bertz CT molecular complexity index is 379. The molecular formula is C11H17N3O2. The highest BCUT2D eigenvalue weighted by Gasteiger charge is 2.22. The van der Waals surface area contributed by atoms with Gasteiger partial charge in [0.25, 0.3) is 0 Å². The number of carboxylic acids is 1. The number of anilines is 1. The molecular weight excluding hydrogens is 206 g/mol. The van der Waals surface area contributed by atoms with Gasteiger partial charge in [-0.3, -0.25) is 5.10 Å². The Hall–Kier alpha value is -1.52. The van der Waals surface area contributed by atoms with Crippen molar-refractivity contribution in [3.8, 4) is 0 Å². The number of nitrogens with one attached hydrogen (secondary N) is 1. The number of aromatic carboxylic acids is 1. The fraction of sp³-hybridized carbons (Fsp3) is 0.636. The Balaban J connectivity index is 2.27. The van der Waals surface area contributed by atoms with Gasteiger partial charge in [-0.15, -0.1) is 0 Å². The zero-order valence-electron chi connectivity index (χ0n) is 9.49. The number of hydrogen-bond donors (Lipinski definition) is 2. The van der Waals surface area contributed by atoms with Crippen LogP contribution in [0.5, 0.6) is 0 Å². The number of H-pyrrole nitrogens is 1. The van der Waals surface area contributed by atoms with Gasteiger partial charge in [0, 0.05) is 18.8 Å². The van der Waals surface area contributed by atoms with E-state index in [4.69, 9.17) is 5.11 Å². The first kappa shape index (κ1) is 11.0. The predicted octanol–water partition coefficient (Wildman–Crippen LogP) is 1.80. The Morgan fingerprint density at radius 3 is 2.50 bits per heavy atom. The molecule has 0 atom stereocenters. The third-order valence-corrected chi connectivity index (χ3v) is 3.05. The van der Waals surface area contributed by atoms with Crippen LogP contribution in [-0.4, -0.2) is 34.4 Å². The average molecular weight is 223 g/mol. The zero-order chi connectivity index (χ0) is 11.5. The smallest absolute Gasteiger partial charge is 0.341 e. The lowest BCUT2D eigenvalue weighted by Crippen LogP contribution is -2.26. The summed E-state index contributed by atoms with van der Waals surface area (Å²) >= 11 is 0. The van der Waals surface area contributed by atoms with E-state index in [1.54, 1.807) is 6.92 Å². The number of aromatic amines is 1. The lowest BCUT2D eigenvalue weighted by atomic mass is 10.2. The van der Waals surface area contributed by atoms with Crippen molar-refractivity contribution in [3.05, 3.63) is 11.3 Å². The lowest BCUT2D eigenvalue weighted by Gasteiger charge is -2.20. The quantitative estimate of drug-likeness (QED) is 0.802. The molecule has 0 spiro atoms. The summed E-state index contributed by atoms with van der Waals surface area (Å²) in [7, 11) is 0. The molecule has 0 aliphatic carbocycles. The molecule has 0 saturated carbocycles. The first-order chi connectivity index (χ1) is 7.70. The molecule has 0 unspecified atom stereocenters. The molecule has 2 rings (SSSR count). The second-order valence-electron chi connectivity index (χ2n) is 4.25. The Labute approximate surface area is 94.5 Å². The molecule has 88 valence electrons. The number of hydrogen-bond acceptors (Lipinski definition) is 3. The van der Waals surface area contributed by atoms with Crippen molar-refractivity contribution in [2.24, 2.45) is 0 Å². The minimum Gasteiger partial charge on any atom is -0.477 e. The molecule has 1 aliphatic rings. The van der Waals surface area contributed by atoms with Crippen molar-refractivity contribution >= 4 is 11.8 Å². The highest BCUT2D eigenvalue weighted by Crippen LogP contribution is 2.23. The molecule has 5 nitrogen and oxygen atoms in total. The second-order valence-corrected chi connectivity index (χ2v) is 4.25. The SMILES string of the molecule is Cc1[nH]nc(N2CCCCCC2)c1C(=O)O. The van der Waals surface area contributed by atoms with Crippen LogP contribution in [0.15, 0.2) is 0 Å². The summed E-state index contributed by atoms with van der Waals surface area (Å²) in [6.07, 6.45) is 4.68. The normalized spacial score (nSPS) is 17.2. The van der Waals surface area contributed by atoms with E-state index < -0.39 is 5.97 Å². The maximum absolute atomic E-state index is 11.1. The van der Waals surface area contributed by atoms with E-state index >= 15 is 0 Å². The van der Waals surface area contributed by atoms with E-state index in [1.807, 2.05) is 0 Å². The molecule has 1 aliphatic heterocycles. The topological polar surface area (TPSA) is 69.2 Å². The molecule has 0 radical (unpaired) electrons. The lowest BCUT2D eigenvalue weighted by molar-refractivity contribution is 0.0697. The maximum atomic E-state index is 11.1. The van der Waals surface area contributed by atoms with Crippen LogP contribution in [0.2, 0.25) is 0 Å². The molecule has 0 amide bonds. The Kier molecular flexibility index (Phi) is 3.12. The summed E-state index contributed by atoms with van der Waals surface area (Å²) in [5.41, 5.74) is 0.952. The van der Waals surface area contributed by atoms with Crippen LogP contribution in [-0.2, 0) is 0 Å². The van der Waals surface area contributed by atoms with Crippen molar-refractivity contribution < 1.29 is 9.90 Å². The van der Waals surface area contributed by atoms with Crippen LogP contribution in [0, 0.1) is 6.92 Å². The van der Waals surface area contributed by atoms with Crippen molar-refractivity contribution in [2.75, 3.05) is 18.0 Å². The third kappa shape index (κ3) is 2.03. The number of carbonyl (C=O) groups is 1. The largest absolute Gasteiger partial charge is 0.477 e. The van der Waals surface area contributed by atoms with Gasteiger partial charge in [-0.25, -0.2) is 4.79 Å². The molecule has 0 bridgehead atoms. The van der Waals surface area contributed by atoms with E-state index in [9.17, 15) is 4.79 Å². The summed E-state index contributed by atoms with van der Waals surface area (Å²) in [5.74, 6) is -0.294. The average Bonchev–Trinajstić information content (AvgIpc) is 2.50. The Morgan fingerprint density at radius 1 is 1.31 bits per heavy atom. The minimum atomic E-state index is -0.898. The molecule has 16 heavy (non-hydrogen) atoms. The number of rotatable bonds is 2. The highest BCUT2D eigenvalue weighted by molar-refractivity contribution is 5.94. The molecule has 1 aromatic rings. The van der Waals surface area contributed by atoms with Gasteiger partial charge >= 0.3 is 5.97 Å². The first-order valence-electron chi connectivity index (χ1n) is 5.73. The predicted molar refractivity (Wildman–Crippen MR) is 61.0 cm³/mol. The van der Waals surface area contributed by atoms with Gasteiger partial charge in [-0.05, 0) is 19.8 Å². The fourth-order valence-corrected chi connectivity index (χ4v) is 2.18. The van der Waals surface area contributed by atoms with Gasteiger partial charge in [0.1, 0.15) is 5.56 Å². The van der Waals surface area contributed by atoms with Gasteiger partial charge in [0.05, 0.1) is 0 Å². The summed E-state index contributed by atoms with van der Waals surface area (Å²) < 4.78 is 0. The summed E-state index contributed by atoms with van der Waals surface area (Å²) in [5, 5.41) is 16.0. The van der Waals surface area contributed by atoms with Crippen LogP contribution >= 0.6 is 0 Å². The highest BCUT2D eigenvalue weighted by atomic mass is 16.4. The maximum Gasteiger partial charge on any atom is 0.341 e. The van der Waals surface area contributed by atoms with Crippen molar-refractivity contribution in [1.82, 2.24) is 10.2 Å². The van der Waals surface area contributed by atoms with Crippen LogP contribution in [0.3, 0.4) is 0 Å². The first-order valence-corrected chi connectivity index (χ1v) is 5.73. The molecule has 1 saturated heterocycles. The zero-order valence-corrected chi connectivity index (χ0v) is 9.49. The minimum absolute atomic E-state index is 0.321. The number of aryl methyl sites for hydroxylation is 1. The standard InChI is InChI=1S/C11H17N3O2/c1-8-9(11(15)16)10(13-12-8)14-6-4-2-3-5-7-14/h2-7H2,1H3,(H,12,13)(H,15,16). The van der Waals surface area contributed by atoms with E-state index in [0.29, 0.717) is 17.1 Å². The molecule has 5 heteroatoms. The third-order valence-electron chi connectivity index (χ3n) is 3.05. The van der Waals surface area contributed by atoms with Crippen molar-refractivity contribution in [3.63, 3.8) is 0 Å². The van der Waals surface area contributed by atoms with Crippen LogP contribution in [0.1, 0.15) is 41.7 Å². The number of nitrogens with zero attached hydrogens (tertiary/aromatic N) is 2. The van der Waals surface area contributed by atoms with Crippen LogP contribution < -0.4 is 4.90 Å². The summed E-state index contributed by atoms with van der Waals surface area (Å²) in [6.45, 7) is 3.56. The Morgan fingerprint density at radius 2 is 1.94 bits per heavy atom. The van der Waals surface area contributed by atoms with Crippen LogP contribution in [0.4, 0.5) is 5.82 Å². The fourth-order valence-electron chi connectivity index (χ4n) is 2.18. The van der Waals surface area contributed by atoms with E-state index in [0.717, 1.165) is 25.9 Å². The van der Waals surface area contributed by atoms with Gasteiger partial charge in [0.2, 0.25) is 0 Å². The van der Waals surface area contributed by atoms with E-state index in [-0.39, 0.29) is 0 Å². The molecule has 2 N–H and O–H groups in total. The molecule has 0 aromatic carbocycles. The van der Waals surface area contributed by atoms with E-state index in [1.165, 1.54) is 12.8 Å². The summed E-state index contributed by atoms with van der Waals surface area (Å²) in [6, 6.07) is 0. The van der Waals surface area contributed by atoms with Gasteiger partial charge < -0.3 is 10.0 Å². The van der Waals surface area contributed by atoms with Crippen molar-refractivity contribution in [1.29, 1.82) is 0 Å². The molecule has 2 heterocycles. The van der Waals surface area contributed by atoms with Crippen molar-refractivity contribution in [2.45, 2.75) is 32.6 Å². The second kappa shape index (κ2) is 4.55. The van der Waals surface area contributed by atoms with Gasteiger partial charge in [0.15, 0.2) is 5.82 Å². The van der Waals surface area contributed by atoms with E-state index in [2.05, 4.69) is 15.1 Å². The van der Waals surface area contributed by atoms with Gasteiger partial charge in [-0.1, -0.05) is 12.8 Å². The monoisotopic (exact) mass is 223 g/mol. The number of aromatic nitrogens is 2.